The standard InChI is InChI=1S/C12H7N3O2.C12H8N2O2.C12H7NO3.2C12H7NO2S.3C11H7N3O2.C10H5N3O2S/c16-12-8-3-1-2-4-9(8)15-11(17-12)10-7-13-5-6-14-10;15-12-8-4-1-2-5-9(8)14-11(16-12)10-6-3-7-13-10;14-12-8-4-1-2-5-9(8)13-11(16-12)10-6-3-7-15-10;14-12-8-4-1-2-5-9(8)13-11(15-12)10-6-3-7-16-10;14-12-9-3-1-2-4-10(9)13-11(15-12)8-5-6-16-7-8;15-11-7-3-1-2-4-8(7)14-10(16-11)9-5-12-6-13-9;15-11-7-3-1-2-4-8(7)14-10(16-11)9-12-5-6-13-9;15-11-7-3-1-2-4-8(7)13-10(16-11)9-5-6-12-14-9;14-10-6-3-1-2-4-7(6)12-8(15-10)9-13-11-5-16-9/h1-7H;1-7,13H;3*1-7H;2*1-6H,(H,12,13);1-6H,(H,12,14);1-5H. The summed E-state index contributed by atoms with van der Waals surface area (Å²) in [7, 11) is 0. The van der Waals surface area contributed by atoms with Crippen LogP contribution in [0.4, 0.5) is 0 Å². The van der Waals surface area contributed by atoms with E-state index in [1.54, 1.807) is 230 Å². The summed E-state index contributed by atoms with van der Waals surface area (Å²) in [5.74, 6) is 3.28. The average Bonchev–Trinajstić information content (AvgIpc) is 1.70. The van der Waals surface area contributed by atoms with E-state index in [4.69, 9.17) is 44.2 Å². The number of nitrogens with one attached hydrogen (secondary N) is 4. The van der Waals surface area contributed by atoms with Gasteiger partial charge < -0.3 is 59.1 Å². The van der Waals surface area contributed by atoms with Gasteiger partial charge in [0.2, 0.25) is 34.5 Å². The zero-order valence-corrected chi connectivity index (χ0v) is 76.6. The third-order valence-electron chi connectivity index (χ3n) is 20.4. The zero-order valence-electron chi connectivity index (χ0n) is 74.1. The number of hydrogen-bond acceptors (Lipinski definition) is 38. The van der Waals surface area contributed by atoms with Gasteiger partial charge in [0.15, 0.2) is 11.6 Å². The monoisotopic (exact) mass is 1980 g/mol. The van der Waals surface area contributed by atoms with Crippen molar-refractivity contribution in [2.75, 3.05) is 0 Å². The summed E-state index contributed by atoms with van der Waals surface area (Å²) >= 11 is 4.32. The number of aromatic amines is 4. The Hall–Kier alpha value is -20.5. The van der Waals surface area contributed by atoms with E-state index in [-0.39, 0.29) is 52.2 Å². The van der Waals surface area contributed by atoms with E-state index in [1.807, 2.05) is 107 Å². The largest absolute Gasteiger partial charge is 0.459 e. The van der Waals surface area contributed by atoms with Crippen LogP contribution in [0.25, 0.3) is 201 Å². The summed E-state index contributed by atoms with van der Waals surface area (Å²) < 4.78 is 51.1. The van der Waals surface area contributed by atoms with E-state index in [2.05, 4.69) is 100 Å². The number of aromatic nitrogens is 20. The summed E-state index contributed by atoms with van der Waals surface area (Å²) in [5, 5.41) is 24.6. The first-order valence-corrected chi connectivity index (χ1v) is 45.6. The van der Waals surface area contributed by atoms with Crippen LogP contribution in [0.15, 0.2) is 438 Å². The fourth-order valence-electron chi connectivity index (χ4n) is 13.6. The Kier molecular flexibility index (Phi) is 28.3. The van der Waals surface area contributed by atoms with Gasteiger partial charge in [-0.1, -0.05) is 127 Å². The van der Waals surface area contributed by atoms with E-state index in [1.165, 1.54) is 47.7 Å². The number of imidazole rings is 2. The van der Waals surface area contributed by atoms with Gasteiger partial charge in [-0.25, -0.2) is 103 Å². The highest BCUT2D eigenvalue weighted by molar-refractivity contribution is 7.13. The van der Waals surface area contributed by atoms with Crippen molar-refractivity contribution in [2.24, 2.45) is 0 Å². The second kappa shape index (κ2) is 43.9. The van der Waals surface area contributed by atoms with Crippen LogP contribution in [0, 0.1) is 0 Å². The maximum Gasteiger partial charge on any atom is 0.347 e. The number of benzene rings is 9. The lowest BCUT2D eigenvalue weighted by Crippen LogP contribution is -2.03. The molecule has 0 fully saturated rings. The van der Waals surface area contributed by atoms with E-state index in [0.29, 0.717) is 155 Å². The third-order valence-corrected chi connectivity index (χ3v) is 22.6. The predicted octanol–water partition coefficient (Wildman–Crippen LogP) is 18.5. The van der Waals surface area contributed by atoms with Crippen molar-refractivity contribution in [3.63, 3.8) is 0 Å². The Morgan fingerprint density at radius 2 is 0.703 bits per heavy atom. The first-order valence-electron chi connectivity index (χ1n) is 42.9. The lowest BCUT2D eigenvalue weighted by molar-refractivity contribution is 0.482. The van der Waals surface area contributed by atoms with Gasteiger partial charge in [-0.2, -0.15) is 16.4 Å². The van der Waals surface area contributed by atoms with Crippen LogP contribution in [0.5, 0.6) is 0 Å². The summed E-state index contributed by atoms with van der Waals surface area (Å²) in [4.78, 5) is 169. The lowest BCUT2D eigenvalue weighted by atomic mass is 10.2. The van der Waals surface area contributed by atoms with Crippen molar-refractivity contribution in [3.05, 3.63) is 445 Å². The molecule has 9 aromatic carbocycles. The molecule has 27 aromatic rings. The van der Waals surface area contributed by atoms with Gasteiger partial charge in [-0.3, -0.25) is 10.1 Å². The molecule has 42 heteroatoms. The molecule has 0 aliphatic heterocycles. The van der Waals surface area contributed by atoms with E-state index in [0.717, 1.165) is 10.4 Å². The van der Waals surface area contributed by atoms with Gasteiger partial charge in [-0.15, -0.1) is 21.5 Å². The molecule has 0 aliphatic rings. The van der Waals surface area contributed by atoms with Crippen LogP contribution in [0.2, 0.25) is 0 Å². The topological polar surface area (TPSA) is 554 Å². The second-order valence-corrected chi connectivity index (χ2v) is 32.2. The number of thiophene rings is 2. The highest BCUT2D eigenvalue weighted by Crippen LogP contribution is 2.28. The van der Waals surface area contributed by atoms with Crippen LogP contribution in [0.1, 0.15) is 0 Å². The van der Waals surface area contributed by atoms with Gasteiger partial charge in [0.05, 0.1) is 128 Å². The number of fused-ring (bicyclic) bond motifs is 9. The van der Waals surface area contributed by atoms with Gasteiger partial charge >= 0.3 is 50.6 Å². The maximum atomic E-state index is 11.7. The number of furan rings is 1. The minimum absolute atomic E-state index is 0.182. The summed E-state index contributed by atoms with van der Waals surface area (Å²) in [6, 6.07) is 78.1. The van der Waals surface area contributed by atoms with E-state index < -0.39 is 33.8 Å². The van der Waals surface area contributed by atoms with Gasteiger partial charge in [0, 0.05) is 48.1 Å². The normalized spacial score (nSPS) is 10.7. The number of para-hydroxylation sites is 9. The fourth-order valence-corrected chi connectivity index (χ4v) is 15.4. The molecule has 0 radical (unpaired) electrons. The minimum atomic E-state index is -0.420. The van der Waals surface area contributed by atoms with Gasteiger partial charge in [0.25, 0.3) is 23.6 Å². The summed E-state index contributed by atoms with van der Waals surface area (Å²) in [6.45, 7) is 0. The molecule has 4 N–H and O–H groups in total. The van der Waals surface area contributed by atoms with Crippen molar-refractivity contribution >= 4 is 132 Å². The molecule has 0 saturated heterocycles. The van der Waals surface area contributed by atoms with Crippen molar-refractivity contribution in [1.82, 2.24) is 100 Å². The average molecular weight is 1980 g/mol. The fraction of sp³-hybridized carbons (Fsp3) is 0. The smallest absolute Gasteiger partial charge is 0.347 e. The molecule has 0 atom stereocenters. The third kappa shape index (κ3) is 22.2. The number of nitrogens with zero attached hydrogens (tertiary/aromatic N) is 16. The molecule has 0 amide bonds. The van der Waals surface area contributed by atoms with Crippen LogP contribution < -0.4 is 50.6 Å². The van der Waals surface area contributed by atoms with Crippen molar-refractivity contribution in [2.45, 2.75) is 0 Å². The molecule has 0 spiro atoms. The van der Waals surface area contributed by atoms with Crippen molar-refractivity contribution in [3.8, 4) is 103 Å². The lowest BCUT2D eigenvalue weighted by Gasteiger charge is -1.99. The molecule has 0 bridgehead atoms. The molecule has 145 heavy (non-hydrogen) atoms. The molecule has 0 unspecified atom stereocenters. The Balaban J connectivity index is 0.000000103. The quantitative estimate of drug-likeness (QED) is 0.104. The van der Waals surface area contributed by atoms with Crippen LogP contribution in [0.3, 0.4) is 0 Å². The summed E-state index contributed by atoms with van der Waals surface area (Å²) in [6.07, 6.45) is 15.7. The first-order chi connectivity index (χ1) is 71.1. The van der Waals surface area contributed by atoms with Crippen molar-refractivity contribution in [1.29, 1.82) is 0 Å². The van der Waals surface area contributed by atoms with Gasteiger partial charge in [-0.05, 0) is 162 Å². The predicted molar refractivity (Wildman–Crippen MR) is 539 cm³/mol. The highest BCUT2D eigenvalue weighted by Gasteiger charge is 2.19. The highest BCUT2D eigenvalue weighted by atomic mass is 32.1. The minimum Gasteiger partial charge on any atom is -0.459 e. The Labute approximate surface area is 818 Å². The zero-order chi connectivity index (χ0) is 99.3. The molecule has 39 nitrogen and oxygen atoms in total. The molecule has 27 rings (SSSR count). The van der Waals surface area contributed by atoms with Crippen molar-refractivity contribution < 1.29 is 44.2 Å². The van der Waals surface area contributed by atoms with E-state index in [9.17, 15) is 43.2 Å². The Morgan fingerprint density at radius 3 is 1.10 bits per heavy atom. The molecular formula is C103H62N20O19S3. The maximum absolute atomic E-state index is 11.7. The molecule has 0 saturated carbocycles. The van der Waals surface area contributed by atoms with Crippen LogP contribution in [-0.2, 0) is 0 Å². The molecule has 706 valence electrons. The number of H-pyrrole nitrogens is 4. The molecule has 18 aromatic heterocycles. The number of rotatable bonds is 9. The first kappa shape index (κ1) is 93.5. The molecular weight excluding hydrogens is 1920 g/mol. The summed E-state index contributed by atoms with van der Waals surface area (Å²) in [5.41, 5.74) is 6.84. The SMILES string of the molecule is O=c1oc(-c2ccc[nH]2)nc2ccccc12.O=c1oc(-c2ccco2)nc2ccccc12.O=c1oc(-c2cccs2)nc2ccccc12.O=c1oc(-c2ccn[nH]2)nc2ccccc12.O=c1oc(-c2ccsc2)nc2ccccc12.O=c1oc(-c2cnc[nH]2)nc2ccccc12.O=c1oc(-c2cnccn2)nc2ccccc12.O=c1oc(-c2ncc[nH]2)nc2ccccc12.O=c1oc(-c2nncs2)nc2ccccc12. The molecule has 0 aliphatic carbocycles. The Bertz CT molecular complexity index is 8270. The van der Waals surface area contributed by atoms with Gasteiger partial charge in [0.1, 0.15) is 28.3 Å². The second-order valence-electron chi connectivity index (χ2n) is 29.7. The van der Waals surface area contributed by atoms with Crippen LogP contribution >= 0.6 is 34.0 Å². The van der Waals surface area contributed by atoms with Crippen LogP contribution in [-0.4, -0.2) is 100 Å². The number of hydrogen-bond donors (Lipinski definition) is 4. The van der Waals surface area contributed by atoms with E-state index >= 15 is 0 Å². The molecule has 18 heterocycles. The Morgan fingerprint density at radius 1 is 0.283 bits per heavy atom.